The third-order valence-corrected chi connectivity index (χ3v) is 4.45. The van der Waals surface area contributed by atoms with Crippen LogP contribution in [0.15, 0.2) is 16.6 Å². The summed E-state index contributed by atoms with van der Waals surface area (Å²) in [7, 11) is 0. The molecule has 0 aliphatic carbocycles. The van der Waals surface area contributed by atoms with Crippen LogP contribution in [0.25, 0.3) is 0 Å². The molecule has 2 rings (SSSR count). The third kappa shape index (κ3) is 4.15. The van der Waals surface area contributed by atoms with E-state index in [-0.39, 0.29) is 28.5 Å². The highest BCUT2D eigenvalue weighted by atomic mass is 79.9. The number of hydrogen-bond donors (Lipinski definition) is 2. The van der Waals surface area contributed by atoms with E-state index in [1.165, 1.54) is 6.07 Å². The highest BCUT2D eigenvalue weighted by Crippen LogP contribution is 2.24. The number of halogens is 3. The first-order chi connectivity index (χ1) is 9.06. The summed E-state index contributed by atoms with van der Waals surface area (Å²) < 4.78 is 26.7. The van der Waals surface area contributed by atoms with Gasteiger partial charge in [0, 0.05) is 36.6 Å². The van der Waals surface area contributed by atoms with Gasteiger partial charge in [-0.05, 0) is 22.0 Å². The SMILES string of the molecule is O=C(CC1CSCCN1)Nc1cc(Br)c(F)cc1F. The van der Waals surface area contributed by atoms with Crippen LogP contribution >= 0.6 is 27.7 Å². The average Bonchev–Trinajstić information content (AvgIpc) is 2.37. The van der Waals surface area contributed by atoms with Crippen molar-refractivity contribution < 1.29 is 13.6 Å². The molecule has 2 N–H and O–H groups in total. The topological polar surface area (TPSA) is 41.1 Å². The first-order valence-corrected chi connectivity index (χ1v) is 7.76. The molecule has 1 aromatic rings. The number of amides is 1. The van der Waals surface area contributed by atoms with Gasteiger partial charge in [0.15, 0.2) is 0 Å². The number of hydrogen-bond acceptors (Lipinski definition) is 3. The molecule has 19 heavy (non-hydrogen) atoms. The Balaban J connectivity index is 1.96. The number of carbonyl (C=O) groups excluding carboxylic acids is 1. The fourth-order valence-corrected chi connectivity index (χ4v) is 3.09. The lowest BCUT2D eigenvalue weighted by Gasteiger charge is -2.22. The van der Waals surface area contributed by atoms with Crippen molar-refractivity contribution in [2.45, 2.75) is 12.5 Å². The van der Waals surface area contributed by atoms with Gasteiger partial charge in [0.2, 0.25) is 5.91 Å². The van der Waals surface area contributed by atoms with Gasteiger partial charge in [-0.3, -0.25) is 4.79 Å². The fraction of sp³-hybridized carbons (Fsp3) is 0.417. The summed E-state index contributed by atoms with van der Waals surface area (Å²) in [6.07, 6.45) is 0.279. The van der Waals surface area contributed by atoms with E-state index in [1.54, 1.807) is 11.8 Å². The lowest BCUT2D eigenvalue weighted by Crippen LogP contribution is -2.39. The van der Waals surface area contributed by atoms with Crippen LogP contribution < -0.4 is 10.6 Å². The highest BCUT2D eigenvalue weighted by Gasteiger charge is 2.18. The summed E-state index contributed by atoms with van der Waals surface area (Å²) in [6.45, 7) is 0.874. The molecule has 0 bridgehead atoms. The number of thioether (sulfide) groups is 1. The third-order valence-electron chi connectivity index (χ3n) is 2.71. The van der Waals surface area contributed by atoms with Crippen LogP contribution in [-0.4, -0.2) is 30.0 Å². The van der Waals surface area contributed by atoms with Crippen molar-refractivity contribution >= 4 is 39.3 Å². The molecule has 0 spiro atoms. The summed E-state index contributed by atoms with van der Waals surface area (Å²) in [6, 6.07) is 2.07. The second-order valence-corrected chi connectivity index (χ2v) is 6.23. The van der Waals surface area contributed by atoms with Gasteiger partial charge in [0.05, 0.1) is 10.2 Å². The predicted octanol–water partition coefficient (Wildman–Crippen LogP) is 2.76. The van der Waals surface area contributed by atoms with E-state index >= 15 is 0 Å². The van der Waals surface area contributed by atoms with E-state index in [0.717, 1.165) is 24.1 Å². The highest BCUT2D eigenvalue weighted by molar-refractivity contribution is 9.10. The van der Waals surface area contributed by atoms with Gasteiger partial charge in [0.25, 0.3) is 0 Å². The Labute approximate surface area is 122 Å². The zero-order valence-corrected chi connectivity index (χ0v) is 12.4. The van der Waals surface area contributed by atoms with Crippen molar-refractivity contribution in [3.63, 3.8) is 0 Å². The summed E-state index contributed by atoms with van der Waals surface area (Å²) in [5.41, 5.74) is -0.0123. The van der Waals surface area contributed by atoms with Crippen molar-refractivity contribution in [2.75, 3.05) is 23.4 Å². The summed E-state index contributed by atoms with van der Waals surface area (Å²) in [5.74, 6) is 0.152. The lowest BCUT2D eigenvalue weighted by molar-refractivity contribution is -0.116. The molecule has 1 aliphatic heterocycles. The zero-order chi connectivity index (χ0) is 13.8. The molecule has 1 atom stereocenters. The number of carbonyl (C=O) groups is 1. The first kappa shape index (κ1) is 14.7. The van der Waals surface area contributed by atoms with Gasteiger partial charge in [0.1, 0.15) is 11.6 Å². The number of benzene rings is 1. The first-order valence-electron chi connectivity index (χ1n) is 5.82. The van der Waals surface area contributed by atoms with Crippen molar-refractivity contribution in [1.29, 1.82) is 0 Å². The minimum absolute atomic E-state index is 0.0123. The average molecular weight is 351 g/mol. The van der Waals surface area contributed by atoms with E-state index in [1.807, 2.05) is 0 Å². The van der Waals surface area contributed by atoms with Crippen molar-refractivity contribution in [3.8, 4) is 0 Å². The molecule has 3 nitrogen and oxygen atoms in total. The Kier molecular flexibility index (Phi) is 5.18. The molecular formula is C12H13BrF2N2OS. The van der Waals surface area contributed by atoms with Crippen molar-refractivity contribution in [3.05, 3.63) is 28.2 Å². The summed E-state index contributed by atoms with van der Waals surface area (Å²) in [5, 5.41) is 5.69. The Morgan fingerprint density at radius 1 is 1.47 bits per heavy atom. The van der Waals surface area contributed by atoms with Crippen LogP contribution in [0.5, 0.6) is 0 Å². The van der Waals surface area contributed by atoms with Crippen LogP contribution in [0.2, 0.25) is 0 Å². The molecule has 1 amide bonds. The van der Waals surface area contributed by atoms with E-state index in [0.29, 0.717) is 0 Å². The Morgan fingerprint density at radius 3 is 2.95 bits per heavy atom. The fourth-order valence-electron chi connectivity index (χ4n) is 1.79. The normalized spacial score (nSPS) is 19.2. The lowest BCUT2D eigenvalue weighted by atomic mass is 10.2. The smallest absolute Gasteiger partial charge is 0.226 e. The van der Waals surface area contributed by atoms with Gasteiger partial charge < -0.3 is 10.6 Å². The maximum atomic E-state index is 13.5. The van der Waals surface area contributed by atoms with Crippen molar-refractivity contribution in [2.24, 2.45) is 0 Å². The monoisotopic (exact) mass is 350 g/mol. The van der Waals surface area contributed by atoms with Gasteiger partial charge in [-0.1, -0.05) is 0 Å². The molecular weight excluding hydrogens is 338 g/mol. The van der Waals surface area contributed by atoms with Crippen molar-refractivity contribution in [1.82, 2.24) is 5.32 Å². The standard InChI is InChI=1S/C12H13BrF2N2OS/c13-8-4-11(10(15)5-9(8)14)17-12(18)3-7-6-19-2-1-16-7/h4-5,7,16H,1-3,6H2,(H,17,18). The largest absolute Gasteiger partial charge is 0.324 e. The van der Waals surface area contributed by atoms with Crippen LogP contribution in [0.3, 0.4) is 0 Å². The predicted molar refractivity (Wildman–Crippen MR) is 76.4 cm³/mol. The number of anilines is 1. The Hall–Kier alpha value is -0.660. The van der Waals surface area contributed by atoms with E-state index < -0.39 is 11.6 Å². The van der Waals surface area contributed by atoms with E-state index in [9.17, 15) is 13.6 Å². The van der Waals surface area contributed by atoms with Crippen LogP contribution in [0.1, 0.15) is 6.42 Å². The second kappa shape index (κ2) is 6.67. The van der Waals surface area contributed by atoms with Gasteiger partial charge in [-0.2, -0.15) is 11.8 Å². The Morgan fingerprint density at radius 2 is 2.26 bits per heavy atom. The molecule has 1 saturated heterocycles. The Bertz CT molecular complexity index is 481. The van der Waals surface area contributed by atoms with E-state index in [2.05, 4.69) is 26.6 Å². The summed E-state index contributed by atoms with van der Waals surface area (Å²) >= 11 is 4.75. The van der Waals surface area contributed by atoms with Crippen LogP contribution in [-0.2, 0) is 4.79 Å². The van der Waals surface area contributed by atoms with Crippen LogP contribution in [0, 0.1) is 11.6 Å². The summed E-state index contributed by atoms with van der Waals surface area (Å²) in [4.78, 5) is 11.8. The van der Waals surface area contributed by atoms with Crippen LogP contribution in [0.4, 0.5) is 14.5 Å². The number of nitrogens with one attached hydrogen (secondary N) is 2. The maximum absolute atomic E-state index is 13.5. The molecule has 1 aromatic carbocycles. The molecule has 7 heteroatoms. The molecule has 1 unspecified atom stereocenters. The molecule has 1 aliphatic rings. The maximum Gasteiger partial charge on any atom is 0.226 e. The van der Waals surface area contributed by atoms with Gasteiger partial charge in [-0.15, -0.1) is 0 Å². The minimum Gasteiger partial charge on any atom is -0.324 e. The quantitative estimate of drug-likeness (QED) is 0.823. The molecule has 0 aromatic heterocycles. The second-order valence-electron chi connectivity index (χ2n) is 4.22. The van der Waals surface area contributed by atoms with Gasteiger partial charge >= 0.3 is 0 Å². The molecule has 0 radical (unpaired) electrons. The molecule has 104 valence electrons. The minimum atomic E-state index is -0.778. The van der Waals surface area contributed by atoms with Gasteiger partial charge in [-0.25, -0.2) is 8.78 Å². The zero-order valence-electron chi connectivity index (χ0n) is 10.0. The molecule has 1 heterocycles. The molecule has 0 saturated carbocycles. The molecule has 1 fully saturated rings. The van der Waals surface area contributed by atoms with E-state index in [4.69, 9.17) is 0 Å². The number of rotatable bonds is 3.